The van der Waals surface area contributed by atoms with E-state index in [-0.39, 0.29) is 11.3 Å². The van der Waals surface area contributed by atoms with E-state index in [0.29, 0.717) is 28.1 Å². The highest BCUT2D eigenvalue weighted by molar-refractivity contribution is 6.30. The number of ketones is 1. The van der Waals surface area contributed by atoms with Crippen LogP contribution >= 0.6 is 11.6 Å². The molecule has 2 aromatic heterocycles. The van der Waals surface area contributed by atoms with Gasteiger partial charge in [0.1, 0.15) is 0 Å². The number of rotatable bonds is 4. The SMILES string of the molecule is Cn1ncc2c(ccn2Cc2ccc(C(=O)c3ccc(Cl)cc3)cc2)c1=O. The summed E-state index contributed by atoms with van der Waals surface area (Å²) in [6.45, 7) is 0.591. The van der Waals surface area contributed by atoms with Crippen LogP contribution in [0.15, 0.2) is 71.8 Å². The molecule has 0 aliphatic rings. The minimum atomic E-state index is -0.116. The topological polar surface area (TPSA) is 56.9 Å². The van der Waals surface area contributed by atoms with Gasteiger partial charge in [-0.1, -0.05) is 35.9 Å². The monoisotopic (exact) mass is 377 g/mol. The molecule has 0 amide bonds. The van der Waals surface area contributed by atoms with Crippen LogP contribution in [0.25, 0.3) is 10.9 Å². The van der Waals surface area contributed by atoms with E-state index in [0.717, 1.165) is 11.1 Å². The molecule has 0 N–H and O–H groups in total. The van der Waals surface area contributed by atoms with Gasteiger partial charge in [0.2, 0.25) is 0 Å². The van der Waals surface area contributed by atoms with Crippen LogP contribution in [0.3, 0.4) is 0 Å². The standard InChI is InChI=1S/C21H16ClN3O2/c1-24-21(27)18-10-11-25(19(18)12-23-24)13-14-2-4-15(5-3-14)20(26)16-6-8-17(22)9-7-16/h2-12H,13H2,1H3. The molecule has 0 bridgehead atoms. The zero-order chi connectivity index (χ0) is 19.0. The van der Waals surface area contributed by atoms with E-state index in [1.165, 1.54) is 4.68 Å². The van der Waals surface area contributed by atoms with Crippen molar-refractivity contribution in [2.24, 2.45) is 7.05 Å². The Morgan fingerprint density at radius 1 is 1.00 bits per heavy atom. The zero-order valence-electron chi connectivity index (χ0n) is 14.6. The lowest BCUT2D eigenvalue weighted by Crippen LogP contribution is -2.18. The lowest BCUT2D eigenvalue weighted by Gasteiger charge is -2.07. The Balaban J connectivity index is 1.58. The smallest absolute Gasteiger partial charge is 0.275 e. The number of fused-ring (bicyclic) bond motifs is 1. The maximum atomic E-state index is 12.5. The van der Waals surface area contributed by atoms with Crippen molar-refractivity contribution in [3.8, 4) is 0 Å². The first kappa shape index (κ1) is 17.2. The van der Waals surface area contributed by atoms with E-state index >= 15 is 0 Å². The molecule has 0 aliphatic heterocycles. The average Bonchev–Trinajstić information content (AvgIpc) is 3.09. The largest absolute Gasteiger partial charge is 0.342 e. The van der Waals surface area contributed by atoms with Crippen LogP contribution < -0.4 is 5.56 Å². The number of halogens is 1. The average molecular weight is 378 g/mol. The molecule has 0 radical (unpaired) electrons. The summed E-state index contributed by atoms with van der Waals surface area (Å²) in [5, 5.41) is 5.33. The quantitative estimate of drug-likeness (QED) is 0.510. The van der Waals surface area contributed by atoms with Gasteiger partial charge in [-0.05, 0) is 35.9 Å². The van der Waals surface area contributed by atoms with Crippen molar-refractivity contribution in [2.75, 3.05) is 0 Å². The van der Waals surface area contributed by atoms with E-state index in [2.05, 4.69) is 5.10 Å². The third-order valence-corrected chi connectivity index (χ3v) is 4.81. The van der Waals surface area contributed by atoms with Crippen LogP contribution in [0.1, 0.15) is 21.5 Å². The molecule has 2 aromatic carbocycles. The Hall–Kier alpha value is -3.18. The van der Waals surface area contributed by atoms with Gasteiger partial charge in [-0.25, -0.2) is 4.68 Å². The maximum absolute atomic E-state index is 12.5. The molecule has 0 saturated heterocycles. The Morgan fingerprint density at radius 2 is 1.63 bits per heavy atom. The molecular formula is C21H16ClN3O2. The fourth-order valence-electron chi connectivity index (χ4n) is 3.04. The Bertz CT molecular complexity index is 1190. The molecule has 2 heterocycles. The van der Waals surface area contributed by atoms with Crippen molar-refractivity contribution in [2.45, 2.75) is 6.54 Å². The molecule has 4 rings (SSSR count). The van der Waals surface area contributed by atoms with E-state index in [1.807, 2.05) is 35.0 Å². The summed E-state index contributed by atoms with van der Waals surface area (Å²) < 4.78 is 3.30. The molecule has 27 heavy (non-hydrogen) atoms. The summed E-state index contributed by atoms with van der Waals surface area (Å²) in [5.41, 5.74) is 2.93. The molecule has 0 atom stereocenters. The Morgan fingerprint density at radius 3 is 2.30 bits per heavy atom. The molecule has 6 heteroatoms. The highest BCUT2D eigenvalue weighted by Crippen LogP contribution is 2.17. The van der Waals surface area contributed by atoms with Crippen LogP contribution in [0.5, 0.6) is 0 Å². The van der Waals surface area contributed by atoms with Gasteiger partial charge in [0, 0.05) is 35.9 Å². The van der Waals surface area contributed by atoms with Crippen molar-refractivity contribution >= 4 is 28.3 Å². The molecule has 0 unspecified atom stereocenters. The van der Waals surface area contributed by atoms with E-state index < -0.39 is 0 Å². The highest BCUT2D eigenvalue weighted by atomic mass is 35.5. The second-order valence-electron chi connectivity index (χ2n) is 6.35. The van der Waals surface area contributed by atoms with Gasteiger partial charge in [-0.3, -0.25) is 9.59 Å². The Kier molecular flexibility index (Phi) is 4.38. The van der Waals surface area contributed by atoms with Crippen molar-refractivity contribution in [3.63, 3.8) is 0 Å². The summed E-state index contributed by atoms with van der Waals surface area (Å²) in [6, 6.07) is 16.1. The Labute approximate surface area is 160 Å². The fraction of sp³-hybridized carbons (Fsp3) is 0.0952. The summed E-state index contributed by atoms with van der Waals surface area (Å²) in [5.74, 6) is -0.0441. The number of hydrogen-bond acceptors (Lipinski definition) is 3. The molecule has 5 nitrogen and oxygen atoms in total. The lowest BCUT2D eigenvalue weighted by molar-refractivity contribution is 0.103. The van der Waals surface area contributed by atoms with Gasteiger partial charge < -0.3 is 4.57 Å². The van der Waals surface area contributed by atoms with Crippen LogP contribution in [0, 0.1) is 0 Å². The summed E-state index contributed by atoms with van der Waals surface area (Å²) in [6.07, 6.45) is 3.57. The second-order valence-corrected chi connectivity index (χ2v) is 6.79. The summed E-state index contributed by atoms with van der Waals surface area (Å²) in [4.78, 5) is 24.6. The van der Waals surface area contributed by atoms with E-state index in [4.69, 9.17) is 11.6 Å². The van der Waals surface area contributed by atoms with Gasteiger partial charge in [-0.15, -0.1) is 0 Å². The first-order valence-electron chi connectivity index (χ1n) is 8.43. The molecule has 0 spiro atoms. The number of hydrogen-bond donors (Lipinski definition) is 0. The minimum absolute atomic E-state index is 0.0441. The van der Waals surface area contributed by atoms with Crippen molar-refractivity contribution in [3.05, 3.63) is 99.1 Å². The van der Waals surface area contributed by atoms with E-state index in [1.54, 1.807) is 43.6 Å². The van der Waals surface area contributed by atoms with Gasteiger partial charge >= 0.3 is 0 Å². The maximum Gasteiger partial charge on any atom is 0.275 e. The van der Waals surface area contributed by atoms with Crippen LogP contribution in [0.2, 0.25) is 5.02 Å². The fourth-order valence-corrected chi connectivity index (χ4v) is 3.17. The van der Waals surface area contributed by atoms with Crippen molar-refractivity contribution < 1.29 is 4.79 Å². The van der Waals surface area contributed by atoms with Crippen molar-refractivity contribution in [1.29, 1.82) is 0 Å². The molecule has 134 valence electrons. The van der Waals surface area contributed by atoms with Crippen LogP contribution in [0.4, 0.5) is 0 Å². The summed E-state index contributed by atoms with van der Waals surface area (Å²) >= 11 is 5.87. The normalized spacial score (nSPS) is 11.0. The number of benzene rings is 2. The third-order valence-electron chi connectivity index (χ3n) is 4.56. The predicted molar refractivity (Wildman–Crippen MR) is 105 cm³/mol. The van der Waals surface area contributed by atoms with Gasteiger partial charge in [-0.2, -0.15) is 5.10 Å². The van der Waals surface area contributed by atoms with Gasteiger partial charge in [0.15, 0.2) is 5.78 Å². The molecule has 0 saturated carbocycles. The highest BCUT2D eigenvalue weighted by Gasteiger charge is 2.10. The first-order valence-corrected chi connectivity index (χ1v) is 8.81. The van der Waals surface area contributed by atoms with Crippen LogP contribution in [-0.4, -0.2) is 20.1 Å². The second kappa shape index (κ2) is 6.85. The lowest BCUT2D eigenvalue weighted by atomic mass is 10.0. The van der Waals surface area contributed by atoms with Gasteiger partial charge in [0.25, 0.3) is 5.56 Å². The van der Waals surface area contributed by atoms with Gasteiger partial charge in [0.05, 0.1) is 17.1 Å². The van der Waals surface area contributed by atoms with Crippen molar-refractivity contribution in [1.82, 2.24) is 14.3 Å². The zero-order valence-corrected chi connectivity index (χ0v) is 15.3. The molecular weight excluding hydrogens is 362 g/mol. The van der Waals surface area contributed by atoms with Crippen LogP contribution in [-0.2, 0) is 13.6 Å². The number of carbonyl (C=O) groups excluding carboxylic acids is 1. The molecule has 4 aromatic rings. The molecule has 0 aliphatic carbocycles. The van der Waals surface area contributed by atoms with E-state index in [9.17, 15) is 9.59 Å². The number of carbonyl (C=O) groups is 1. The minimum Gasteiger partial charge on any atom is -0.342 e. The predicted octanol–water partition coefficient (Wildman–Crippen LogP) is 3.67. The number of aryl methyl sites for hydroxylation is 1. The number of nitrogens with zero attached hydrogens (tertiary/aromatic N) is 3. The molecule has 0 fully saturated rings. The first-order chi connectivity index (χ1) is 13.0. The third kappa shape index (κ3) is 3.29. The number of aromatic nitrogens is 3. The summed E-state index contributed by atoms with van der Waals surface area (Å²) in [7, 11) is 1.63.